The Bertz CT molecular complexity index is 2320. The Morgan fingerprint density at radius 3 is 0.980 bits per heavy atom. The number of allylic oxidation sites excluding steroid dienone is 2. The van der Waals surface area contributed by atoms with Gasteiger partial charge in [-0.25, -0.2) is 0 Å². The molecule has 0 fully saturated rings. The zero-order chi connectivity index (χ0) is 34.5. The van der Waals surface area contributed by atoms with E-state index in [1.165, 1.54) is 24.3 Å². The van der Waals surface area contributed by atoms with E-state index < -0.39 is 0 Å². The van der Waals surface area contributed by atoms with E-state index in [0.29, 0.717) is 11.1 Å². The number of para-hydroxylation sites is 2. The van der Waals surface area contributed by atoms with Crippen molar-refractivity contribution in [1.29, 1.82) is 0 Å². The summed E-state index contributed by atoms with van der Waals surface area (Å²) in [6.45, 7) is 0. The standard InChI is InChI=1S/2C23H16O2/c2*24-22-12-6-5-11-21(22)23(25)14-13-20-18-9-3-1-7-16(18)15-17-8-2-4-10-19(17)20/h2*1-15,24H/b2*14-13+. The fourth-order valence-electron chi connectivity index (χ4n) is 6.32. The lowest BCUT2D eigenvalue weighted by atomic mass is 9.96. The van der Waals surface area contributed by atoms with Gasteiger partial charge in [0.2, 0.25) is 0 Å². The summed E-state index contributed by atoms with van der Waals surface area (Å²) >= 11 is 0. The summed E-state index contributed by atoms with van der Waals surface area (Å²) in [7, 11) is 0. The molecular formula is C46H32O4. The molecule has 0 atom stereocenters. The Morgan fingerprint density at radius 2 is 0.660 bits per heavy atom. The average Bonchev–Trinajstić information content (AvgIpc) is 3.15. The Hall–Kier alpha value is -6.78. The SMILES string of the molecule is O=C(/C=C/c1c2ccccc2cc2ccccc12)c1ccccc1O.O=C(/C=C/c1c2ccccc2cc2ccccc12)c1ccccc1O. The third-order valence-corrected chi connectivity index (χ3v) is 8.77. The van der Waals surface area contributed by atoms with Crippen LogP contribution in [-0.4, -0.2) is 21.8 Å². The molecule has 0 saturated carbocycles. The first-order valence-electron chi connectivity index (χ1n) is 16.3. The van der Waals surface area contributed by atoms with Gasteiger partial charge in [0.1, 0.15) is 11.5 Å². The van der Waals surface area contributed by atoms with Crippen molar-refractivity contribution in [2.24, 2.45) is 0 Å². The zero-order valence-electron chi connectivity index (χ0n) is 27.0. The number of fused-ring (bicyclic) bond motifs is 4. The van der Waals surface area contributed by atoms with Crippen LogP contribution < -0.4 is 0 Å². The van der Waals surface area contributed by atoms with E-state index in [4.69, 9.17) is 0 Å². The summed E-state index contributed by atoms with van der Waals surface area (Å²) < 4.78 is 0. The Balaban J connectivity index is 0.000000157. The van der Waals surface area contributed by atoms with Crippen LogP contribution in [0.2, 0.25) is 0 Å². The van der Waals surface area contributed by atoms with Gasteiger partial charge in [-0.1, -0.05) is 121 Å². The molecule has 8 aromatic carbocycles. The number of ketones is 2. The molecule has 0 aliphatic carbocycles. The molecule has 8 rings (SSSR count). The van der Waals surface area contributed by atoms with Gasteiger partial charge in [0.05, 0.1) is 11.1 Å². The number of carbonyl (C=O) groups excluding carboxylic acids is 2. The molecule has 8 aromatic rings. The highest BCUT2D eigenvalue weighted by molar-refractivity contribution is 6.14. The Labute approximate surface area is 289 Å². The Kier molecular flexibility index (Phi) is 8.99. The molecule has 2 N–H and O–H groups in total. The van der Waals surface area contributed by atoms with Gasteiger partial charge in [0.15, 0.2) is 11.6 Å². The second-order valence-electron chi connectivity index (χ2n) is 11.9. The molecule has 0 heterocycles. The van der Waals surface area contributed by atoms with Gasteiger partial charge < -0.3 is 10.2 Å². The number of phenols is 2. The van der Waals surface area contributed by atoms with Gasteiger partial charge in [-0.15, -0.1) is 0 Å². The molecule has 0 unspecified atom stereocenters. The lowest BCUT2D eigenvalue weighted by molar-refractivity contribution is 0.103. The van der Waals surface area contributed by atoms with Crippen LogP contribution in [0.25, 0.3) is 55.2 Å². The summed E-state index contributed by atoms with van der Waals surface area (Å²) in [6, 6.07) is 50.1. The topological polar surface area (TPSA) is 74.6 Å². The number of rotatable bonds is 6. The molecule has 0 bridgehead atoms. The highest BCUT2D eigenvalue weighted by Crippen LogP contribution is 2.31. The molecule has 0 saturated heterocycles. The van der Waals surface area contributed by atoms with Crippen molar-refractivity contribution in [2.45, 2.75) is 0 Å². The van der Waals surface area contributed by atoms with E-state index in [1.54, 1.807) is 36.4 Å². The van der Waals surface area contributed by atoms with Gasteiger partial charge in [0.25, 0.3) is 0 Å². The molecule has 240 valence electrons. The second kappa shape index (κ2) is 14.1. The van der Waals surface area contributed by atoms with Crippen molar-refractivity contribution in [3.05, 3.63) is 192 Å². The average molecular weight is 649 g/mol. The van der Waals surface area contributed by atoms with E-state index in [9.17, 15) is 19.8 Å². The van der Waals surface area contributed by atoms with Crippen molar-refractivity contribution in [2.75, 3.05) is 0 Å². The molecule has 0 radical (unpaired) electrons. The van der Waals surface area contributed by atoms with Crippen LogP contribution in [0.3, 0.4) is 0 Å². The molecule has 0 amide bonds. The van der Waals surface area contributed by atoms with Gasteiger partial charge in [-0.05, 0) is 115 Å². The molecule has 0 aromatic heterocycles. The van der Waals surface area contributed by atoms with E-state index >= 15 is 0 Å². The van der Waals surface area contributed by atoms with Crippen LogP contribution in [0, 0.1) is 0 Å². The third-order valence-electron chi connectivity index (χ3n) is 8.77. The van der Waals surface area contributed by atoms with E-state index in [2.05, 4.69) is 60.7 Å². The van der Waals surface area contributed by atoms with E-state index in [1.807, 2.05) is 60.7 Å². The predicted octanol–water partition coefficient (Wildman–Crippen LogP) is 11.2. The van der Waals surface area contributed by atoms with Crippen LogP contribution in [0.4, 0.5) is 0 Å². The summed E-state index contributed by atoms with van der Waals surface area (Å²) in [5.74, 6) is -0.426. The largest absolute Gasteiger partial charge is 0.507 e. The number of phenolic OH excluding ortho intramolecular Hbond substituents is 2. The fourth-order valence-corrected chi connectivity index (χ4v) is 6.32. The number of carbonyl (C=O) groups is 2. The zero-order valence-corrected chi connectivity index (χ0v) is 27.0. The minimum atomic E-state index is -0.213. The first-order chi connectivity index (χ1) is 24.5. The van der Waals surface area contributed by atoms with Gasteiger partial charge in [0, 0.05) is 0 Å². The lowest BCUT2D eigenvalue weighted by Crippen LogP contribution is -1.94. The maximum atomic E-state index is 12.5. The summed E-state index contributed by atoms with van der Waals surface area (Å²) in [6.07, 6.45) is 6.76. The highest BCUT2D eigenvalue weighted by atomic mass is 16.3. The summed E-state index contributed by atoms with van der Waals surface area (Å²) in [5, 5.41) is 28.7. The van der Waals surface area contributed by atoms with Gasteiger partial charge in [-0.2, -0.15) is 0 Å². The smallest absolute Gasteiger partial charge is 0.189 e. The summed E-state index contributed by atoms with van der Waals surface area (Å²) in [4.78, 5) is 24.9. The molecule has 0 aliphatic rings. The first-order valence-corrected chi connectivity index (χ1v) is 16.3. The number of hydrogen-bond acceptors (Lipinski definition) is 4. The first kappa shape index (κ1) is 31.8. The molecular weight excluding hydrogens is 617 g/mol. The molecule has 4 nitrogen and oxygen atoms in total. The third kappa shape index (κ3) is 6.51. The quantitative estimate of drug-likeness (QED) is 0.107. The normalized spacial score (nSPS) is 11.4. The number of benzene rings is 8. The minimum absolute atomic E-state index is 0.0000669. The molecule has 0 aliphatic heterocycles. The van der Waals surface area contributed by atoms with Crippen LogP contribution >= 0.6 is 0 Å². The minimum Gasteiger partial charge on any atom is -0.507 e. The Morgan fingerprint density at radius 1 is 0.380 bits per heavy atom. The van der Waals surface area contributed by atoms with Crippen molar-refractivity contribution >= 4 is 66.8 Å². The van der Waals surface area contributed by atoms with Crippen LogP contribution in [-0.2, 0) is 0 Å². The highest BCUT2D eigenvalue weighted by Gasteiger charge is 2.10. The fraction of sp³-hybridized carbons (Fsp3) is 0. The number of hydrogen-bond donors (Lipinski definition) is 2. The number of aromatic hydroxyl groups is 2. The van der Waals surface area contributed by atoms with Crippen LogP contribution in [0.1, 0.15) is 31.8 Å². The van der Waals surface area contributed by atoms with Gasteiger partial charge >= 0.3 is 0 Å². The van der Waals surface area contributed by atoms with Crippen LogP contribution in [0.15, 0.2) is 170 Å². The second-order valence-corrected chi connectivity index (χ2v) is 11.9. The summed E-state index contributed by atoms with van der Waals surface area (Å²) in [5.41, 5.74) is 2.64. The van der Waals surface area contributed by atoms with E-state index in [-0.39, 0.29) is 23.1 Å². The maximum Gasteiger partial charge on any atom is 0.189 e. The predicted molar refractivity (Wildman–Crippen MR) is 206 cm³/mol. The lowest BCUT2D eigenvalue weighted by Gasteiger charge is -2.08. The van der Waals surface area contributed by atoms with Crippen molar-refractivity contribution in [1.82, 2.24) is 0 Å². The van der Waals surface area contributed by atoms with E-state index in [0.717, 1.165) is 54.2 Å². The van der Waals surface area contributed by atoms with Crippen molar-refractivity contribution in [3.63, 3.8) is 0 Å². The van der Waals surface area contributed by atoms with Crippen LogP contribution in [0.5, 0.6) is 11.5 Å². The molecule has 4 heteroatoms. The monoisotopic (exact) mass is 648 g/mol. The molecule has 0 spiro atoms. The maximum absolute atomic E-state index is 12.5. The van der Waals surface area contributed by atoms with Crippen molar-refractivity contribution in [3.8, 4) is 11.5 Å². The molecule has 50 heavy (non-hydrogen) atoms. The van der Waals surface area contributed by atoms with Crippen molar-refractivity contribution < 1.29 is 19.8 Å². The van der Waals surface area contributed by atoms with Gasteiger partial charge in [-0.3, -0.25) is 9.59 Å².